The van der Waals surface area contributed by atoms with Gasteiger partial charge in [0.25, 0.3) is 5.91 Å². The second kappa shape index (κ2) is 8.57. The molecule has 2 heterocycles. The Bertz CT molecular complexity index is 973. The van der Waals surface area contributed by atoms with Crippen molar-refractivity contribution in [2.75, 3.05) is 18.4 Å². The Kier molecular flexibility index (Phi) is 5.71. The number of nitrogens with one attached hydrogen (secondary N) is 2. The van der Waals surface area contributed by atoms with Crippen LogP contribution in [0.5, 0.6) is 0 Å². The number of hydrogen-bond donors (Lipinski definition) is 2. The minimum Gasteiger partial charge on any atom is -0.322 e. The van der Waals surface area contributed by atoms with Gasteiger partial charge in [-0.2, -0.15) is 5.10 Å². The fourth-order valence-electron chi connectivity index (χ4n) is 3.83. The van der Waals surface area contributed by atoms with Crippen LogP contribution in [-0.2, 0) is 6.42 Å². The molecular weight excluding hydrogens is 367 g/mol. The highest BCUT2D eigenvalue weighted by Crippen LogP contribution is 2.30. The molecule has 6 heteroatoms. The molecule has 29 heavy (non-hydrogen) atoms. The van der Waals surface area contributed by atoms with Crippen molar-refractivity contribution in [1.29, 1.82) is 0 Å². The van der Waals surface area contributed by atoms with E-state index in [4.69, 9.17) is 0 Å². The molecule has 2 aromatic carbocycles. The predicted molar refractivity (Wildman–Crippen MR) is 112 cm³/mol. The van der Waals surface area contributed by atoms with E-state index in [1.54, 1.807) is 23.0 Å². The lowest BCUT2D eigenvalue weighted by molar-refractivity contribution is 0.102. The van der Waals surface area contributed by atoms with Crippen LogP contribution in [0, 0.1) is 5.82 Å². The molecule has 150 valence electrons. The fourth-order valence-corrected chi connectivity index (χ4v) is 3.83. The maximum absolute atomic E-state index is 13.4. The summed E-state index contributed by atoms with van der Waals surface area (Å²) in [4.78, 5) is 13.1. The number of benzene rings is 2. The lowest BCUT2D eigenvalue weighted by atomic mass is 9.91. The molecule has 0 atom stereocenters. The zero-order valence-electron chi connectivity index (χ0n) is 16.5. The van der Waals surface area contributed by atoms with Crippen molar-refractivity contribution in [1.82, 2.24) is 15.1 Å². The van der Waals surface area contributed by atoms with E-state index in [0.717, 1.165) is 49.4 Å². The third-order valence-corrected chi connectivity index (χ3v) is 5.47. The zero-order chi connectivity index (χ0) is 20.2. The van der Waals surface area contributed by atoms with E-state index in [0.29, 0.717) is 5.56 Å². The summed E-state index contributed by atoms with van der Waals surface area (Å²) in [5, 5.41) is 10.9. The van der Waals surface area contributed by atoms with E-state index in [1.165, 1.54) is 17.7 Å². The van der Waals surface area contributed by atoms with Crippen molar-refractivity contribution in [3.63, 3.8) is 0 Å². The molecule has 0 saturated carbocycles. The standard InChI is InChI=1S/C23H25FN4O/c1-2-16-3-7-19(8-4-16)27-23(29)21-15-26-28(20-9-5-18(24)6-10-20)22(21)17-11-13-25-14-12-17/h3-10,15,17,25H,2,11-14H2,1H3,(H,27,29). The van der Waals surface area contributed by atoms with Crippen molar-refractivity contribution in [3.05, 3.63) is 77.4 Å². The molecule has 1 fully saturated rings. The van der Waals surface area contributed by atoms with Crippen LogP contribution in [0.3, 0.4) is 0 Å². The summed E-state index contributed by atoms with van der Waals surface area (Å²) in [5.41, 5.74) is 4.20. The summed E-state index contributed by atoms with van der Waals surface area (Å²) in [7, 11) is 0. The summed E-state index contributed by atoms with van der Waals surface area (Å²) >= 11 is 0. The van der Waals surface area contributed by atoms with E-state index >= 15 is 0 Å². The highest BCUT2D eigenvalue weighted by molar-refractivity contribution is 6.05. The number of aromatic nitrogens is 2. The smallest absolute Gasteiger partial charge is 0.259 e. The van der Waals surface area contributed by atoms with E-state index in [1.807, 2.05) is 24.3 Å². The van der Waals surface area contributed by atoms with E-state index in [2.05, 4.69) is 22.7 Å². The van der Waals surface area contributed by atoms with Gasteiger partial charge in [-0.1, -0.05) is 19.1 Å². The monoisotopic (exact) mass is 392 g/mol. The Morgan fingerprint density at radius 1 is 1.14 bits per heavy atom. The highest BCUT2D eigenvalue weighted by Gasteiger charge is 2.27. The first-order valence-corrected chi connectivity index (χ1v) is 10.1. The van der Waals surface area contributed by atoms with Crippen LogP contribution in [0.1, 0.15) is 47.3 Å². The van der Waals surface area contributed by atoms with Gasteiger partial charge in [0.2, 0.25) is 0 Å². The van der Waals surface area contributed by atoms with Crippen LogP contribution in [-0.4, -0.2) is 28.8 Å². The molecule has 4 rings (SSSR count). The molecule has 1 aliphatic rings. The third-order valence-electron chi connectivity index (χ3n) is 5.47. The SMILES string of the molecule is CCc1ccc(NC(=O)c2cnn(-c3ccc(F)cc3)c2C2CCNCC2)cc1. The first kappa shape index (κ1) is 19.3. The lowest BCUT2D eigenvalue weighted by Crippen LogP contribution is -2.29. The molecule has 0 spiro atoms. The van der Waals surface area contributed by atoms with Crippen molar-refractivity contribution >= 4 is 11.6 Å². The molecule has 5 nitrogen and oxygen atoms in total. The van der Waals surface area contributed by atoms with Crippen LogP contribution < -0.4 is 10.6 Å². The number of carbonyl (C=O) groups excluding carboxylic acids is 1. The van der Waals surface area contributed by atoms with Gasteiger partial charge in [-0.05, 0) is 74.3 Å². The van der Waals surface area contributed by atoms with E-state index in [9.17, 15) is 9.18 Å². The van der Waals surface area contributed by atoms with Gasteiger partial charge in [0.1, 0.15) is 5.82 Å². The second-order valence-electron chi connectivity index (χ2n) is 7.36. The summed E-state index contributed by atoms with van der Waals surface area (Å²) < 4.78 is 15.2. The number of piperidine rings is 1. The number of amides is 1. The molecular formula is C23H25FN4O. The Morgan fingerprint density at radius 2 is 1.83 bits per heavy atom. The first-order chi connectivity index (χ1) is 14.2. The third kappa shape index (κ3) is 4.22. The maximum Gasteiger partial charge on any atom is 0.259 e. The molecule has 0 unspecified atom stereocenters. The Hall–Kier alpha value is -2.99. The highest BCUT2D eigenvalue weighted by atomic mass is 19.1. The molecule has 1 aliphatic heterocycles. The van der Waals surface area contributed by atoms with Crippen molar-refractivity contribution < 1.29 is 9.18 Å². The normalized spacial score (nSPS) is 14.7. The van der Waals surface area contributed by atoms with Crippen molar-refractivity contribution in [2.24, 2.45) is 0 Å². The van der Waals surface area contributed by atoms with Crippen LogP contribution in [0.4, 0.5) is 10.1 Å². The minimum absolute atomic E-state index is 0.170. The van der Waals surface area contributed by atoms with Gasteiger partial charge in [-0.15, -0.1) is 0 Å². The lowest BCUT2D eigenvalue weighted by Gasteiger charge is -2.24. The Morgan fingerprint density at radius 3 is 2.48 bits per heavy atom. The molecule has 0 bridgehead atoms. The second-order valence-corrected chi connectivity index (χ2v) is 7.36. The molecule has 1 amide bonds. The number of anilines is 1. The molecule has 0 aliphatic carbocycles. The van der Waals surface area contributed by atoms with E-state index < -0.39 is 0 Å². The number of nitrogens with zero attached hydrogens (tertiary/aromatic N) is 2. The predicted octanol–water partition coefficient (Wildman–Crippen LogP) is 4.29. The average molecular weight is 392 g/mol. The van der Waals surface area contributed by atoms with Gasteiger partial charge in [0, 0.05) is 11.6 Å². The first-order valence-electron chi connectivity index (χ1n) is 10.1. The number of carbonyl (C=O) groups is 1. The van der Waals surface area contributed by atoms with Crippen molar-refractivity contribution in [2.45, 2.75) is 32.1 Å². The number of rotatable bonds is 5. The molecule has 0 radical (unpaired) electrons. The van der Waals surface area contributed by atoms with Crippen LogP contribution >= 0.6 is 0 Å². The van der Waals surface area contributed by atoms with Gasteiger partial charge >= 0.3 is 0 Å². The van der Waals surface area contributed by atoms with Gasteiger partial charge < -0.3 is 10.6 Å². The fraction of sp³-hybridized carbons (Fsp3) is 0.304. The van der Waals surface area contributed by atoms with Crippen LogP contribution in [0.15, 0.2) is 54.7 Å². The topological polar surface area (TPSA) is 59.0 Å². The molecule has 1 saturated heterocycles. The summed E-state index contributed by atoms with van der Waals surface area (Å²) in [6.45, 7) is 3.90. The zero-order valence-corrected chi connectivity index (χ0v) is 16.5. The number of hydrogen-bond acceptors (Lipinski definition) is 3. The average Bonchev–Trinajstić information content (AvgIpc) is 3.21. The van der Waals surface area contributed by atoms with Crippen molar-refractivity contribution in [3.8, 4) is 5.69 Å². The van der Waals surface area contributed by atoms with Gasteiger partial charge in [-0.3, -0.25) is 4.79 Å². The van der Waals surface area contributed by atoms with E-state index in [-0.39, 0.29) is 17.6 Å². The van der Waals surface area contributed by atoms with Gasteiger partial charge in [-0.25, -0.2) is 9.07 Å². The minimum atomic E-state index is -0.294. The quantitative estimate of drug-likeness (QED) is 0.681. The summed E-state index contributed by atoms with van der Waals surface area (Å²) in [6, 6.07) is 14.1. The molecule has 1 aromatic heterocycles. The van der Waals surface area contributed by atoms with Gasteiger partial charge in [0.15, 0.2) is 0 Å². The largest absolute Gasteiger partial charge is 0.322 e. The van der Waals surface area contributed by atoms with Crippen LogP contribution in [0.2, 0.25) is 0 Å². The Balaban J connectivity index is 1.67. The molecule has 2 N–H and O–H groups in total. The maximum atomic E-state index is 13.4. The number of halogens is 1. The summed E-state index contributed by atoms with van der Waals surface area (Å²) in [6.07, 6.45) is 4.44. The Labute approximate surface area is 169 Å². The van der Waals surface area contributed by atoms with Gasteiger partial charge in [0.05, 0.1) is 23.1 Å². The number of aryl methyl sites for hydroxylation is 1. The summed E-state index contributed by atoms with van der Waals surface area (Å²) in [5.74, 6) is -0.249. The molecule has 3 aromatic rings. The van der Waals surface area contributed by atoms with Crippen LogP contribution in [0.25, 0.3) is 5.69 Å².